The fourth-order valence-corrected chi connectivity index (χ4v) is 2.04. The number of rotatable bonds is 1. The van der Waals surface area contributed by atoms with Crippen molar-refractivity contribution in [2.45, 2.75) is 26.8 Å². The number of imidazole rings is 1. The van der Waals surface area contributed by atoms with Crippen molar-refractivity contribution < 1.29 is 0 Å². The van der Waals surface area contributed by atoms with Crippen molar-refractivity contribution in [2.24, 2.45) is 0 Å². The third-order valence-corrected chi connectivity index (χ3v) is 2.58. The topological polar surface area (TPSA) is 17.8 Å². The number of fused-ring (bicyclic) bond motifs is 1. The van der Waals surface area contributed by atoms with Crippen LogP contribution < -0.4 is 0 Å². The molecule has 0 N–H and O–H groups in total. The SMILES string of the molecule is Cc1ccc2nc(Cl)n(C(C)C)c2c1. The van der Waals surface area contributed by atoms with Crippen LogP contribution in [0.25, 0.3) is 11.0 Å². The summed E-state index contributed by atoms with van der Waals surface area (Å²) in [5, 5.41) is 0.570. The monoisotopic (exact) mass is 208 g/mol. The van der Waals surface area contributed by atoms with Gasteiger partial charge in [-0.2, -0.15) is 0 Å². The molecule has 2 nitrogen and oxygen atoms in total. The predicted molar refractivity (Wildman–Crippen MR) is 59.9 cm³/mol. The van der Waals surface area contributed by atoms with Gasteiger partial charge in [0.05, 0.1) is 11.0 Å². The summed E-state index contributed by atoms with van der Waals surface area (Å²) in [5.41, 5.74) is 3.32. The van der Waals surface area contributed by atoms with E-state index in [0.29, 0.717) is 11.3 Å². The predicted octanol–water partition coefficient (Wildman–Crippen LogP) is 3.58. The molecule has 0 saturated heterocycles. The van der Waals surface area contributed by atoms with Gasteiger partial charge in [0, 0.05) is 6.04 Å². The molecule has 0 fully saturated rings. The van der Waals surface area contributed by atoms with Crippen molar-refractivity contribution in [3.8, 4) is 0 Å². The van der Waals surface area contributed by atoms with Crippen LogP contribution in [0.4, 0.5) is 0 Å². The van der Waals surface area contributed by atoms with E-state index in [-0.39, 0.29) is 0 Å². The maximum Gasteiger partial charge on any atom is 0.204 e. The Hall–Kier alpha value is -1.02. The lowest BCUT2D eigenvalue weighted by molar-refractivity contribution is 0.618. The zero-order chi connectivity index (χ0) is 10.3. The molecular weight excluding hydrogens is 196 g/mol. The summed E-state index contributed by atoms with van der Waals surface area (Å²) in [6.45, 7) is 6.29. The first-order valence-electron chi connectivity index (χ1n) is 4.73. The minimum absolute atomic E-state index is 0.342. The quantitative estimate of drug-likeness (QED) is 0.701. The number of hydrogen-bond acceptors (Lipinski definition) is 1. The fourth-order valence-electron chi connectivity index (χ4n) is 1.66. The molecule has 0 unspecified atom stereocenters. The summed E-state index contributed by atoms with van der Waals surface area (Å²) in [4.78, 5) is 4.30. The highest BCUT2D eigenvalue weighted by atomic mass is 35.5. The Morgan fingerprint density at radius 3 is 2.71 bits per heavy atom. The first-order chi connectivity index (χ1) is 6.59. The van der Waals surface area contributed by atoms with Gasteiger partial charge in [0.2, 0.25) is 5.28 Å². The fraction of sp³-hybridized carbons (Fsp3) is 0.364. The van der Waals surface area contributed by atoms with Crippen molar-refractivity contribution in [3.63, 3.8) is 0 Å². The molecule has 74 valence electrons. The van der Waals surface area contributed by atoms with E-state index >= 15 is 0 Å². The van der Waals surface area contributed by atoms with Gasteiger partial charge in [0.15, 0.2) is 0 Å². The van der Waals surface area contributed by atoms with Gasteiger partial charge >= 0.3 is 0 Å². The number of aryl methyl sites for hydroxylation is 1. The van der Waals surface area contributed by atoms with Crippen molar-refractivity contribution in [3.05, 3.63) is 29.0 Å². The maximum absolute atomic E-state index is 6.07. The highest BCUT2D eigenvalue weighted by Gasteiger charge is 2.10. The molecule has 0 spiro atoms. The van der Waals surface area contributed by atoms with Crippen molar-refractivity contribution in [1.29, 1.82) is 0 Å². The van der Waals surface area contributed by atoms with Crippen LogP contribution in [0.15, 0.2) is 18.2 Å². The Morgan fingerprint density at radius 2 is 2.07 bits per heavy atom. The second kappa shape index (κ2) is 3.28. The van der Waals surface area contributed by atoms with Gasteiger partial charge in [-0.1, -0.05) is 6.07 Å². The summed E-state index contributed by atoms with van der Waals surface area (Å²) in [7, 11) is 0. The highest BCUT2D eigenvalue weighted by Crippen LogP contribution is 2.24. The van der Waals surface area contributed by atoms with Crippen LogP contribution in [-0.4, -0.2) is 9.55 Å². The summed E-state index contributed by atoms with van der Waals surface area (Å²) in [5.74, 6) is 0. The van der Waals surface area contributed by atoms with Crippen LogP contribution in [0.3, 0.4) is 0 Å². The number of hydrogen-bond donors (Lipinski definition) is 0. The number of aromatic nitrogens is 2. The Balaban J connectivity index is 2.79. The second-order valence-corrected chi connectivity index (χ2v) is 4.17. The molecule has 1 heterocycles. The summed E-state index contributed by atoms with van der Waals surface area (Å²) in [6.07, 6.45) is 0. The summed E-state index contributed by atoms with van der Waals surface area (Å²) >= 11 is 6.07. The molecule has 0 amide bonds. The van der Waals surface area contributed by atoms with Crippen molar-refractivity contribution in [1.82, 2.24) is 9.55 Å². The number of benzene rings is 1. The van der Waals surface area contributed by atoms with Gasteiger partial charge < -0.3 is 4.57 Å². The second-order valence-electron chi connectivity index (χ2n) is 3.84. The molecule has 0 radical (unpaired) electrons. The molecular formula is C11H13ClN2. The number of nitrogens with zero attached hydrogens (tertiary/aromatic N) is 2. The maximum atomic E-state index is 6.07. The third kappa shape index (κ3) is 1.40. The van der Waals surface area contributed by atoms with E-state index in [1.807, 2.05) is 10.6 Å². The van der Waals surface area contributed by atoms with E-state index in [1.54, 1.807) is 0 Å². The van der Waals surface area contributed by atoms with Gasteiger partial charge in [-0.3, -0.25) is 0 Å². The van der Waals surface area contributed by atoms with Crippen LogP contribution in [0.2, 0.25) is 5.28 Å². The van der Waals surface area contributed by atoms with Gasteiger partial charge in [-0.15, -0.1) is 0 Å². The molecule has 0 saturated carbocycles. The zero-order valence-electron chi connectivity index (χ0n) is 8.58. The molecule has 3 heteroatoms. The van der Waals surface area contributed by atoms with Gasteiger partial charge in [-0.05, 0) is 50.1 Å². The minimum atomic E-state index is 0.342. The molecule has 14 heavy (non-hydrogen) atoms. The van der Waals surface area contributed by atoms with E-state index in [4.69, 9.17) is 11.6 Å². The molecule has 2 aromatic rings. The Morgan fingerprint density at radius 1 is 1.36 bits per heavy atom. The van der Waals surface area contributed by atoms with E-state index in [2.05, 4.69) is 37.9 Å². The molecule has 0 aliphatic rings. The Labute approximate surface area is 88.5 Å². The highest BCUT2D eigenvalue weighted by molar-refractivity contribution is 6.29. The van der Waals surface area contributed by atoms with E-state index in [0.717, 1.165) is 11.0 Å². The molecule has 2 rings (SSSR count). The van der Waals surface area contributed by atoms with Crippen LogP contribution in [-0.2, 0) is 0 Å². The molecule has 1 aromatic heterocycles. The first-order valence-corrected chi connectivity index (χ1v) is 5.11. The molecule has 0 bridgehead atoms. The van der Waals surface area contributed by atoms with E-state index in [9.17, 15) is 0 Å². The van der Waals surface area contributed by atoms with Crippen LogP contribution >= 0.6 is 11.6 Å². The lowest BCUT2D eigenvalue weighted by Gasteiger charge is -2.09. The van der Waals surface area contributed by atoms with Crippen LogP contribution in [0, 0.1) is 6.92 Å². The Kier molecular flexibility index (Phi) is 2.23. The van der Waals surface area contributed by atoms with Gasteiger partial charge in [-0.25, -0.2) is 4.98 Å². The normalized spacial score (nSPS) is 11.5. The standard InChI is InChI=1S/C11H13ClN2/c1-7(2)14-10-6-8(3)4-5-9(10)13-11(14)12/h4-7H,1-3H3. The average Bonchev–Trinajstić information content (AvgIpc) is 2.40. The minimum Gasteiger partial charge on any atom is -0.312 e. The van der Waals surface area contributed by atoms with Gasteiger partial charge in [0.1, 0.15) is 0 Å². The largest absolute Gasteiger partial charge is 0.312 e. The van der Waals surface area contributed by atoms with Crippen molar-refractivity contribution in [2.75, 3.05) is 0 Å². The summed E-state index contributed by atoms with van der Waals surface area (Å²) < 4.78 is 2.05. The smallest absolute Gasteiger partial charge is 0.204 e. The molecule has 0 atom stereocenters. The average molecular weight is 209 g/mol. The first kappa shape index (κ1) is 9.53. The summed E-state index contributed by atoms with van der Waals surface area (Å²) in [6, 6.07) is 6.52. The van der Waals surface area contributed by atoms with E-state index in [1.165, 1.54) is 5.56 Å². The van der Waals surface area contributed by atoms with Crippen molar-refractivity contribution >= 4 is 22.6 Å². The molecule has 0 aliphatic carbocycles. The van der Waals surface area contributed by atoms with Gasteiger partial charge in [0.25, 0.3) is 0 Å². The molecule has 0 aliphatic heterocycles. The zero-order valence-corrected chi connectivity index (χ0v) is 9.34. The third-order valence-electron chi connectivity index (χ3n) is 2.32. The lowest BCUT2D eigenvalue weighted by Crippen LogP contribution is -2.00. The van der Waals surface area contributed by atoms with Crippen LogP contribution in [0.5, 0.6) is 0 Å². The number of halogens is 1. The Bertz CT molecular complexity index is 471. The van der Waals surface area contributed by atoms with Crippen LogP contribution in [0.1, 0.15) is 25.5 Å². The van der Waals surface area contributed by atoms with E-state index < -0.39 is 0 Å². The molecule has 1 aromatic carbocycles. The lowest BCUT2D eigenvalue weighted by atomic mass is 10.2.